The monoisotopic (exact) mass is 195 g/mol. The lowest BCUT2D eigenvalue weighted by Gasteiger charge is -2.15. The van der Waals surface area contributed by atoms with E-state index in [0.29, 0.717) is 18.6 Å². The van der Waals surface area contributed by atoms with Gasteiger partial charge in [0.15, 0.2) is 0 Å². The molecule has 2 heterocycles. The second kappa shape index (κ2) is 4.11. The van der Waals surface area contributed by atoms with Crippen molar-refractivity contribution in [1.29, 1.82) is 0 Å². The quantitative estimate of drug-likeness (QED) is 0.775. The molecule has 2 rings (SSSR count). The molecule has 0 aromatic carbocycles. The molecule has 2 unspecified atom stereocenters. The van der Waals surface area contributed by atoms with E-state index in [0.717, 1.165) is 25.3 Å². The number of aromatic nitrogens is 2. The van der Waals surface area contributed by atoms with E-state index in [9.17, 15) is 0 Å². The van der Waals surface area contributed by atoms with Crippen LogP contribution in [0.15, 0.2) is 12.5 Å². The van der Waals surface area contributed by atoms with E-state index in [1.54, 1.807) is 0 Å². The molecule has 1 aliphatic heterocycles. The van der Waals surface area contributed by atoms with E-state index in [4.69, 9.17) is 10.5 Å². The zero-order valence-electron chi connectivity index (χ0n) is 8.52. The van der Waals surface area contributed by atoms with Gasteiger partial charge in [-0.2, -0.15) is 0 Å². The van der Waals surface area contributed by atoms with Crippen LogP contribution in [-0.2, 0) is 17.8 Å². The van der Waals surface area contributed by atoms with Crippen LogP contribution >= 0.6 is 0 Å². The Bertz CT molecular complexity index is 297. The highest BCUT2D eigenvalue weighted by molar-refractivity contribution is 4.97. The van der Waals surface area contributed by atoms with Crippen molar-refractivity contribution in [2.45, 2.75) is 32.5 Å². The zero-order valence-corrected chi connectivity index (χ0v) is 8.52. The third-order valence-corrected chi connectivity index (χ3v) is 2.97. The molecular weight excluding hydrogens is 178 g/mol. The van der Waals surface area contributed by atoms with Gasteiger partial charge in [0.1, 0.15) is 0 Å². The van der Waals surface area contributed by atoms with Gasteiger partial charge in [0.05, 0.1) is 18.1 Å². The van der Waals surface area contributed by atoms with Gasteiger partial charge in [-0.1, -0.05) is 0 Å². The maximum Gasteiger partial charge on any atom is 0.0948 e. The molecule has 2 N–H and O–H groups in total. The van der Waals surface area contributed by atoms with Crippen LogP contribution < -0.4 is 5.73 Å². The normalized spacial score (nSPS) is 27.0. The van der Waals surface area contributed by atoms with Crippen molar-refractivity contribution in [3.8, 4) is 0 Å². The Hall–Kier alpha value is -0.870. The summed E-state index contributed by atoms with van der Waals surface area (Å²) in [6.07, 6.45) is 5.19. The van der Waals surface area contributed by atoms with E-state index in [1.165, 1.54) is 0 Å². The molecule has 78 valence electrons. The summed E-state index contributed by atoms with van der Waals surface area (Å²) in [4.78, 5) is 4.10. The van der Waals surface area contributed by atoms with Crippen LogP contribution in [0.4, 0.5) is 0 Å². The second-order valence-corrected chi connectivity index (χ2v) is 3.87. The Kier molecular flexibility index (Phi) is 2.84. The summed E-state index contributed by atoms with van der Waals surface area (Å²) < 4.78 is 7.66. The number of rotatable bonds is 3. The predicted octanol–water partition coefficient (Wildman–Crippen LogP) is 0.767. The summed E-state index contributed by atoms with van der Waals surface area (Å²) in [6.45, 7) is 4.56. The van der Waals surface area contributed by atoms with Gasteiger partial charge in [0.25, 0.3) is 0 Å². The van der Waals surface area contributed by atoms with Crippen molar-refractivity contribution in [3.05, 3.63) is 18.2 Å². The summed E-state index contributed by atoms with van der Waals surface area (Å²) >= 11 is 0. The lowest BCUT2D eigenvalue weighted by Crippen LogP contribution is -2.19. The number of hydrogen-bond donors (Lipinski definition) is 1. The lowest BCUT2D eigenvalue weighted by atomic mass is 10.0. The number of imidazole rings is 1. The molecule has 0 radical (unpaired) electrons. The SMILES string of the molecule is CC1OCCC1Cn1cncc1CN. The van der Waals surface area contributed by atoms with Crippen LogP contribution in [0.5, 0.6) is 0 Å². The van der Waals surface area contributed by atoms with E-state index in [-0.39, 0.29) is 0 Å². The van der Waals surface area contributed by atoms with Crippen LogP contribution in [0, 0.1) is 5.92 Å². The van der Waals surface area contributed by atoms with Gasteiger partial charge >= 0.3 is 0 Å². The molecule has 1 aliphatic rings. The fraction of sp³-hybridized carbons (Fsp3) is 0.700. The fourth-order valence-corrected chi connectivity index (χ4v) is 1.95. The van der Waals surface area contributed by atoms with Gasteiger partial charge < -0.3 is 15.0 Å². The predicted molar refractivity (Wildman–Crippen MR) is 53.6 cm³/mol. The van der Waals surface area contributed by atoms with Crippen LogP contribution in [0.25, 0.3) is 0 Å². The number of nitrogens with zero attached hydrogens (tertiary/aromatic N) is 2. The molecule has 0 aliphatic carbocycles. The molecule has 2 atom stereocenters. The molecule has 4 heteroatoms. The average molecular weight is 195 g/mol. The first-order chi connectivity index (χ1) is 6.81. The van der Waals surface area contributed by atoms with Crippen molar-refractivity contribution in [2.24, 2.45) is 11.7 Å². The summed E-state index contributed by atoms with van der Waals surface area (Å²) in [5, 5.41) is 0. The maximum absolute atomic E-state index is 5.61. The molecule has 1 fully saturated rings. The molecule has 4 nitrogen and oxygen atoms in total. The minimum atomic E-state index is 0.364. The molecular formula is C10H17N3O. The van der Waals surface area contributed by atoms with Gasteiger partial charge in [-0.15, -0.1) is 0 Å². The minimum Gasteiger partial charge on any atom is -0.378 e. The third-order valence-electron chi connectivity index (χ3n) is 2.97. The highest BCUT2D eigenvalue weighted by Gasteiger charge is 2.24. The standard InChI is InChI=1S/C10H17N3O/c1-8-9(2-3-14-8)6-13-7-12-5-10(13)4-11/h5,7-9H,2-4,6,11H2,1H3. The second-order valence-electron chi connectivity index (χ2n) is 3.87. The average Bonchev–Trinajstić information content (AvgIpc) is 2.77. The number of hydrogen-bond acceptors (Lipinski definition) is 3. The summed E-state index contributed by atoms with van der Waals surface area (Å²) in [6, 6.07) is 0. The molecule has 14 heavy (non-hydrogen) atoms. The van der Waals surface area contributed by atoms with Crippen LogP contribution in [-0.4, -0.2) is 22.3 Å². The molecule has 1 aromatic rings. The lowest BCUT2D eigenvalue weighted by molar-refractivity contribution is 0.101. The molecule has 0 spiro atoms. The van der Waals surface area contributed by atoms with Gasteiger partial charge in [0, 0.05) is 31.8 Å². The Morgan fingerprint density at radius 2 is 2.57 bits per heavy atom. The highest BCUT2D eigenvalue weighted by atomic mass is 16.5. The Morgan fingerprint density at radius 1 is 1.71 bits per heavy atom. The van der Waals surface area contributed by atoms with Crippen molar-refractivity contribution in [2.75, 3.05) is 6.61 Å². The van der Waals surface area contributed by atoms with Crippen molar-refractivity contribution < 1.29 is 4.74 Å². The van der Waals surface area contributed by atoms with Gasteiger partial charge in [-0.25, -0.2) is 4.98 Å². The fourth-order valence-electron chi connectivity index (χ4n) is 1.95. The van der Waals surface area contributed by atoms with Crippen molar-refractivity contribution in [1.82, 2.24) is 9.55 Å². The van der Waals surface area contributed by atoms with Crippen LogP contribution in [0.2, 0.25) is 0 Å². The van der Waals surface area contributed by atoms with Gasteiger partial charge in [0.2, 0.25) is 0 Å². The van der Waals surface area contributed by atoms with E-state index < -0.39 is 0 Å². The Morgan fingerprint density at radius 3 is 3.21 bits per heavy atom. The first kappa shape index (κ1) is 9.68. The molecule has 0 bridgehead atoms. The smallest absolute Gasteiger partial charge is 0.0948 e. The number of ether oxygens (including phenoxy) is 1. The largest absolute Gasteiger partial charge is 0.378 e. The van der Waals surface area contributed by atoms with Crippen LogP contribution in [0.3, 0.4) is 0 Å². The molecule has 0 amide bonds. The highest BCUT2D eigenvalue weighted by Crippen LogP contribution is 2.22. The van der Waals surface area contributed by atoms with Crippen molar-refractivity contribution >= 4 is 0 Å². The molecule has 1 saturated heterocycles. The van der Waals surface area contributed by atoms with Crippen molar-refractivity contribution in [3.63, 3.8) is 0 Å². The molecule has 1 aromatic heterocycles. The Balaban J connectivity index is 2.02. The summed E-state index contributed by atoms with van der Waals surface area (Å²) in [5.74, 6) is 0.606. The van der Waals surface area contributed by atoms with Crippen LogP contribution in [0.1, 0.15) is 19.0 Å². The first-order valence-electron chi connectivity index (χ1n) is 5.12. The van der Waals surface area contributed by atoms with Gasteiger partial charge in [-0.05, 0) is 13.3 Å². The maximum atomic E-state index is 5.61. The van der Waals surface area contributed by atoms with E-state index in [2.05, 4.69) is 16.5 Å². The zero-order chi connectivity index (χ0) is 9.97. The van der Waals surface area contributed by atoms with E-state index in [1.807, 2.05) is 12.5 Å². The van der Waals surface area contributed by atoms with Gasteiger partial charge in [-0.3, -0.25) is 0 Å². The summed E-state index contributed by atoms with van der Waals surface area (Å²) in [5.41, 5.74) is 6.71. The first-order valence-corrected chi connectivity index (χ1v) is 5.12. The number of nitrogens with two attached hydrogens (primary N) is 1. The topological polar surface area (TPSA) is 53.1 Å². The van der Waals surface area contributed by atoms with E-state index >= 15 is 0 Å². The third kappa shape index (κ3) is 1.81. The summed E-state index contributed by atoms with van der Waals surface area (Å²) in [7, 11) is 0. The molecule has 0 saturated carbocycles. The minimum absolute atomic E-state index is 0.364. The Labute approximate surface area is 84.1 Å².